The van der Waals surface area contributed by atoms with Gasteiger partial charge in [-0.3, -0.25) is 0 Å². The lowest BCUT2D eigenvalue weighted by atomic mass is 10.1. The van der Waals surface area contributed by atoms with Gasteiger partial charge in [0.15, 0.2) is 0 Å². The molecule has 0 amide bonds. The van der Waals surface area contributed by atoms with Gasteiger partial charge in [-0.15, -0.1) is 12.6 Å². The topological polar surface area (TPSA) is 12.0 Å². The molecule has 0 aromatic heterocycles. The Hall–Kier alpha value is 0.970. The molecule has 0 aromatic rings. The minimum absolute atomic E-state index is 0.622. The summed E-state index contributed by atoms with van der Waals surface area (Å²) in [6.07, 6.45) is 13.9. The average Bonchev–Trinajstić information content (AvgIpc) is 2.30. The molecule has 102 valence electrons. The summed E-state index contributed by atoms with van der Waals surface area (Å²) in [5.74, 6) is 0. The lowest BCUT2D eigenvalue weighted by Gasteiger charge is -2.03. The van der Waals surface area contributed by atoms with Gasteiger partial charge in [0, 0.05) is 6.54 Å². The van der Waals surface area contributed by atoms with Gasteiger partial charge in [0.25, 0.3) is 0 Å². The van der Waals surface area contributed by atoms with E-state index < -0.39 is 0 Å². The number of hydrogen-bond acceptors (Lipinski definition) is 1. The first-order valence-corrected chi connectivity index (χ1v) is 9.18. The van der Waals surface area contributed by atoms with Gasteiger partial charge in [-0.1, -0.05) is 86.2 Å². The molecule has 17 heavy (non-hydrogen) atoms. The van der Waals surface area contributed by atoms with Crippen molar-refractivity contribution in [3.63, 3.8) is 0 Å². The molecular formula is C13H26INS2. The summed E-state index contributed by atoms with van der Waals surface area (Å²) in [6, 6.07) is 0. The molecule has 0 saturated heterocycles. The van der Waals surface area contributed by atoms with Gasteiger partial charge in [0.1, 0.15) is 4.32 Å². The lowest BCUT2D eigenvalue weighted by molar-refractivity contribution is 0.556. The zero-order valence-corrected chi connectivity index (χ0v) is 14.6. The molecule has 0 aliphatic rings. The molecule has 0 radical (unpaired) electrons. The Bertz CT molecular complexity index is 177. The van der Waals surface area contributed by atoms with E-state index >= 15 is 0 Å². The van der Waals surface area contributed by atoms with Gasteiger partial charge in [0.2, 0.25) is 0 Å². The number of rotatable bonds is 12. The summed E-state index contributed by atoms with van der Waals surface area (Å²) in [4.78, 5) is 0. The number of hydrogen-bond donors (Lipinski definition) is 2. The Morgan fingerprint density at radius 1 is 0.824 bits per heavy atom. The highest BCUT2D eigenvalue weighted by Gasteiger charge is 1.93. The average molecular weight is 387 g/mol. The Balaban J connectivity index is 2.91. The zero-order valence-electron chi connectivity index (χ0n) is 10.7. The van der Waals surface area contributed by atoms with Crippen LogP contribution in [0.3, 0.4) is 0 Å². The van der Waals surface area contributed by atoms with Crippen LogP contribution in [-0.4, -0.2) is 15.3 Å². The molecule has 0 unspecified atom stereocenters. The number of thiol groups is 1. The van der Waals surface area contributed by atoms with Crippen LogP contribution in [0.2, 0.25) is 0 Å². The molecule has 0 spiro atoms. The van der Waals surface area contributed by atoms with Crippen LogP contribution in [-0.2, 0) is 0 Å². The second-order valence-corrected chi connectivity index (χ2v) is 6.69. The lowest BCUT2D eigenvalue weighted by Crippen LogP contribution is -2.17. The van der Waals surface area contributed by atoms with Crippen molar-refractivity contribution in [1.29, 1.82) is 0 Å². The minimum Gasteiger partial charge on any atom is -0.371 e. The summed E-state index contributed by atoms with van der Waals surface area (Å²) in [5.41, 5.74) is 0. The fourth-order valence-corrected chi connectivity index (χ4v) is 2.58. The van der Waals surface area contributed by atoms with E-state index in [2.05, 4.69) is 40.5 Å². The summed E-state index contributed by atoms with van der Waals surface area (Å²) in [5, 5.41) is 3.07. The van der Waals surface area contributed by atoms with Gasteiger partial charge in [-0.25, -0.2) is 0 Å². The molecule has 0 aromatic carbocycles. The van der Waals surface area contributed by atoms with Gasteiger partial charge >= 0.3 is 0 Å². The summed E-state index contributed by atoms with van der Waals surface area (Å²) in [7, 11) is 0. The summed E-state index contributed by atoms with van der Waals surface area (Å²) >= 11 is 11.3. The third-order valence-corrected chi connectivity index (χ3v) is 3.90. The van der Waals surface area contributed by atoms with Crippen molar-refractivity contribution in [2.24, 2.45) is 0 Å². The van der Waals surface area contributed by atoms with Gasteiger partial charge in [-0.05, 0) is 17.3 Å². The van der Waals surface area contributed by atoms with E-state index in [-0.39, 0.29) is 0 Å². The predicted molar refractivity (Wildman–Crippen MR) is 94.6 cm³/mol. The standard InChI is InChI=1S/C13H26INS2/c14-11-9-7-5-3-1-2-4-6-8-10-12-15-13(16)17/h1-12H2,(H2,15,16,17). The summed E-state index contributed by atoms with van der Waals surface area (Å²) in [6.45, 7) is 0.985. The third kappa shape index (κ3) is 17.0. The molecule has 0 aliphatic carbocycles. The highest BCUT2D eigenvalue weighted by atomic mass is 127. The molecule has 0 fully saturated rings. The Morgan fingerprint density at radius 2 is 1.24 bits per heavy atom. The highest BCUT2D eigenvalue weighted by molar-refractivity contribution is 14.1. The predicted octanol–water partition coefficient (Wildman–Crippen LogP) is 5.13. The first-order chi connectivity index (χ1) is 8.27. The molecule has 0 heterocycles. The van der Waals surface area contributed by atoms with E-state index in [4.69, 9.17) is 12.2 Å². The maximum atomic E-state index is 4.83. The highest BCUT2D eigenvalue weighted by Crippen LogP contribution is 2.10. The normalized spacial score (nSPS) is 10.5. The van der Waals surface area contributed by atoms with E-state index in [1.54, 1.807) is 0 Å². The van der Waals surface area contributed by atoms with Gasteiger partial charge < -0.3 is 5.32 Å². The van der Waals surface area contributed by atoms with Crippen LogP contribution < -0.4 is 5.32 Å². The molecule has 1 N–H and O–H groups in total. The second-order valence-electron chi connectivity index (χ2n) is 4.46. The molecule has 0 atom stereocenters. The van der Waals surface area contributed by atoms with E-state index in [0.29, 0.717) is 4.32 Å². The zero-order chi connectivity index (χ0) is 12.8. The Morgan fingerprint density at radius 3 is 1.65 bits per heavy atom. The monoisotopic (exact) mass is 387 g/mol. The quantitative estimate of drug-likeness (QED) is 0.158. The number of thiocarbonyl (C=S) groups is 1. The van der Waals surface area contributed by atoms with E-state index in [9.17, 15) is 0 Å². The van der Waals surface area contributed by atoms with E-state index in [1.807, 2.05) is 0 Å². The Kier molecular flexibility index (Phi) is 15.9. The molecule has 0 bridgehead atoms. The smallest absolute Gasteiger partial charge is 0.130 e. The van der Waals surface area contributed by atoms with Crippen molar-refractivity contribution >= 4 is 51.8 Å². The molecule has 1 nitrogen and oxygen atoms in total. The van der Waals surface area contributed by atoms with Crippen LogP contribution in [0.5, 0.6) is 0 Å². The first-order valence-electron chi connectivity index (χ1n) is 6.80. The summed E-state index contributed by atoms with van der Waals surface area (Å²) < 4.78 is 1.94. The van der Waals surface area contributed by atoms with Crippen LogP contribution in [0.15, 0.2) is 0 Å². The first kappa shape index (κ1) is 18.0. The van der Waals surface area contributed by atoms with Crippen LogP contribution in [0, 0.1) is 0 Å². The van der Waals surface area contributed by atoms with Crippen molar-refractivity contribution in [3.8, 4) is 0 Å². The van der Waals surface area contributed by atoms with Crippen molar-refractivity contribution in [2.75, 3.05) is 11.0 Å². The van der Waals surface area contributed by atoms with Gasteiger partial charge in [-0.2, -0.15) is 0 Å². The molecule has 0 aliphatic heterocycles. The molecule has 0 saturated carbocycles. The van der Waals surface area contributed by atoms with E-state index in [0.717, 1.165) is 6.54 Å². The number of unbranched alkanes of at least 4 members (excludes halogenated alkanes) is 9. The van der Waals surface area contributed by atoms with Crippen LogP contribution >= 0.6 is 47.4 Å². The van der Waals surface area contributed by atoms with Crippen molar-refractivity contribution in [2.45, 2.75) is 64.2 Å². The minimum atomic E-state index is 0.622. The van der Waals surface area contributed by atoms with Crippen LogP contribution in [0.1, 0.15) is 64.2 Å². The SMILES string of the molecule is S=C(S)NCCCCCCCCCCCCI. The fourth-order valence-electron chi connectivity index (χ4n) is 1.83. The number of halogens is 1. The van der Waals surface area contributed by atoms with Gasteiger partial charge in [0.05, 0.1) is 0 Å². The van der Waals surface area contributed by atoms with E-state index in [1.165, 1.54) is 68.6 Å². The third-order valence-electron chi connectivity index (χ3n) is 2.84. The Labute approximate surface area is 131 Å². The maximum Gasteiger partial charge on any atom is 0.130 e. The van der Waals surface area contributed by atoms with Crippen molar-refractivity contribution in [3.05, 3.63) is 0 Å². The number of alkyl halides is 1. The fraction of sp³-hybridized carbons (Fsp3) is 0.923. The van der Waals surface area contributed by atoms with Crippen molar-refractivity contribution < 1.29 is 0 Å². The molecular weight excluding hydrogens is 361 g/mol. The maximum absolute atomic E-state index is 4.83. The number of nitrogens with one attached hydrogen (secondary N) is 1. The molecule has 4 heteroatoms. The second kappa shape index (κ2) is 15.0. The molecule has 0 rings (SSSR count). The largest absolute Gasteiger partial charge is 0.371 e. The van der Waals surface area contributed by atoms with Crippen LogP contribution in [0.25, 0.3) is 0 Å². The van der Waals surface area contributed by atoms with Crippen LogP contribution in [0.4, 0.5) is 0 Å². The van der Waals surface area contributed by atoms with Crippen molar-refractivity contribution in [1.82, 2.24) is 5.32 Å².